The van der Waals surface area contributed by atoms with Crippen LogP contribution >= 0.6 is 0 Å². The van der Waals surface area contributed by atoms with E-state index in [2.05, 4.69) is 45.9 Å². The van der Waals surface area contributed by atoms with Gasteiger partial charge in [0.1, 0.15) is 5.75 Å². The van der Waals surface area contributed by atoms with Gasteiger partial charge in [-0.3, -0.25) is 0 Å². The lowest BCUT2D eigenvalue weighted by Gasteiger charge is -2.26. The summed E-state index contributed by atoms with van der Waals surface area (Å²) in [5, 5.41) is 9.32. The van der Waals surface area contributed by atoms with Crippen LogP contribution in [0.2, 0.25) is 0 Å². The molecule has 21 heavy (non-hydrogen) atoms. The lowest BCUT2D eigenvalue weighted by atomic mass is 9.86. The minimum absolute atomic E-state index is 0.0290. The zero-order valence-electron chi connectivity index (χ0n) is 14.2. The monoisotopic (exact) mass is 293 g/mol. The van der Waals surface area contributed by atoms with Crippen LogP contribution in [0.1, 0.15) is 58.1 Å². The molecule has 0 aromatic heterocycles. The van der Waals surface area contributed by atoms with Gasteiger partial charge in [-0.1, -0.05) is 39.8 Å². The lowest BCUT2D eigenvalue weighted by Crippen LogP contribution is -2.43. The van der Waals surface area contributed by atoms with Gasteiger partial charge in [-0.2, -0.15) is 0 Å². The van der Waals surface area contributed by atoms with Crippen molar-refractivity contribution in [2.45, 2.75) is 64.8 Å². The molecule has 1 rings (SSSR count). The first-order valence-corrected chi connectivity index (χ1v) is 7.85. The van der Waals surface area contributed by atoms with Crippen molar-refractivity contribution < 1.29 is 9.84 Å². The second-order valence-corrected chi connectivity index (χ2v) is 7.08. The summed E-state index contributed by atoms with van der Waals surface area (Å²) in [6.45, 7) is 11.3. The van der Waals surface area contributed by atoms with Crippen LogP contribution < -0.4 is 10.5 Å². The maximum absolute atomic E-state index is 9.32. The minimum Gasteiger partial charge on any atom is -0.493 e. The normalized spacial score (nSPS) is 14.8. The third-order valence-electron chi connectivity index (χ3n) is 4.04. The van der Waals surface area contributed by atoms with Gasteiger partial charge in [0.25, 0.3) is 0 Å². The van der Waals surface area contributed by atoms with Crippen LogP contribution in [-0.4, -0.2) is 23.9 Å². The fourth-order valence-electron chi connectivity index (χ4n) is 2.34. The highest BCUT2D eigenvalue weighted by atomic mass is 16.5. The molecule has 1 aromatic rings. The molecule has 0 heterocycles. The largest absolute Gasteiger partial charge is 0.493 e. The predicted octanol–water partition coefficient (Wildman–Crippen LogP) is 3.55. The standard InChI is InChI=1S/C18H31NO2/c1-6-18(19,13-20)10-7-11-21-16-12-14(2)8-9-15(16)17(3,4)5/h8-9,12,20H,6-7,10-11,13,19H2,1-5H3. The predicted molar refractivity (Wildman–Crippen MR) is 88.9 cm³/mol. The summed E-state index contributed by atoms with van der Waals surface area (Å²) in [6, 6.07) is 6.38. The highest BCUT2D eigenvalue weighted by Crippen LogP contribution is 2.32. The summed E-state index contributed by atoms with van der Waals surface area (Å²) in [6.07, 6.45) is 2.40. The molecule has 1 aromatic carbocycles. The Hall–Kier alpha value is -1.06. The van der Waals surface area contributed by atoms with E-state index in [1.165, 1.54) is 11.1 Å². The molecule has 0 saturated carbocycles. The van der Waals surface area contributed by atoms with Gasteiger partial charge in [0.05, 0.1) is 13.2 Å². The second-order valence-electron chi connectivity index (χ2n) is 7.08. The summed E-state index contributed by atoms with van der Waals surface area (Å²) in [4.78, 5) is 0. The molecule has 0 saturated heterocycles. The maximum Gasteiger partial charge on any atom is 0.123 e. The minimum atomic E-state index is -0.469. The van der Waals surface area contributed by atoms with E-state index in [1.807, 2.05) is 6.92 Å². The summed E-state index contributed by atoms with van der Waals surface area (Å²) in [5.74, 6) is 0.964. The number of hydrogen-bond donors (Lipinski definition) is 2. The molecule has 0 aliphatic heterocycles. The van der Waals surface area contributed by atoms with E-state index in [0.29, 0.717) is 6.61 Å². The smallest absolute Gasteiger partial charge is 0.123 e. The van der Waals surface area contributed by atoms with E-state index in [-0.39, 0.29) is 12.0 Å². The van der Waals surface area contributed by atoms with E-state index < -0.39 is 5.54 Å². The highest BCUT2D eigenvalue weighted by molar-refractivity contribution is 5.41. The average Bonchev–Trinajstić information content (AvgIpc) is 2.42. The van der Waals surface area contributed by atoms with Crippen molar-refractivity contribution in [2.24, 2.45) is 5.73 Å². The van der Waals surface area contributed by atoms with Crippen molar-refractivity contribution in [1.82, 2.24) is 0 Å². The molecule has 0 amide bonds. The van der Waals surface area contributed by atoms with Gasteiger partial charge >= 0.3 is 0 Å². The van der Waals surface area contributed by atoms with Crippen molar-refractivity contribution in [2.75, 3.05) is 13.2 Å². The second kappa shape index (κ2) is 7.28. The zero-order valence-corrected chi connectivity index (χ0v) is 14.2. The number of aliphatic hydroxyl groups is 1. The van der Waals surface area contributed by atoms with Crippen LogP contribution in [0.15, 0.2) is 18.2 Å². The number of aliphatic hydroxyl groups excluding tert-OH is 1. The first-order valence-electron chi connectivity index (χ1n) is 7.85. The summed E-state index contributed by atoms with van der Waals surface area (Å²) in [5.41, 5.74) is 8.12. The molecule has 120 valence electrons. The molecule has 0 aliphatic rings. The van der Waals surface area contributed by atoms with Crippen LogP contribution in [0.25, 0.3) is 0 Å². The molecule has 1 unspecified atom stereocenters. The van der Waals surface area contributed by atoms with Crippen molar-refractivity contribution in [3.63, 3.8) is 0 Å². The molecule has 3 heteroatoms. The van der Waals surface area contributed by atoms with Crippen LogP contribution in [0.4, 0.5) is 0 Å². The number of benzene rings is 1. The van der Waals surface area contributed by atoms with Crippen LogP contribution in [0, 0.1) is 6.92 Å². The molecule has 0 bridgehead atoms. The van der Waals surface area contributed by atoms with Gasteiger partial charge in [0.15, 0.2) is 0 Å². The van der Waals surface area contributed by atoms with Crippen molar-refractivity contribution in [1.29, 1.82) is 0 Å². The SMILES string of the molecule is CCC(N)(CO)CCCOc1cc(C)ccc1C(C)(C)C. The molecule has 0 radical (unpaired) electrons. The number of nitrogens with two attached hydrogens (primary N) is 1. The van der Waals surface area contributed by atoms with Gasteiger partial charge in [-0.15, -0.1) is 0 Å². The Balaban J connectivity index is 2.66. The molecule has 3 N–H and O–H groups in total. The zero-order chi connectivity index (χ0) is 16.1. The molecular formula is C18H31NO2. The third kappa shape index (κ3) is 5.33. The van der Waals surface area contributed by atoms with Crippen molar-refractivity contribution in [3.05, 3.63) is 29.3 Å². The highest BCUT2D eigenvalue weighted by Gasteiger charge is 2.22. The number of rotatable bonds is 7. The Bertz CT molecular complexity index is 445. The Labute approximate surface area is 129 Å². The topological polar surface area (TPSA) is 55.5 Å². The summed E-state index contributed by atoms with van der Waals surface area (Å²) >= 11 is 0. The molecule has 1 atom stereocenters. The van der Waals surface area contributed by atoms with E-state index in [1.54, 1.807) is 0 Å². The first-order chi connectivity index (χ1) is 9.72. The molecular weight excluding hydrogens is 262 g/mol. The summed E-state index contributed by atoms with van der Waals surface area (Å²) < 4.78 is 5.99. The third-order valence-corrected chi connectivity index (χ3v) is 4.04. The van der Waals surface area contributed by atoms with E-state index >= 15 is 0 Å². The van der Waals surface area contributed by atoms with Gasteiger partial charge in [-0.25, -0.2) is 0 Å². The number of hydrogen-bond acceptors (Lipinski definition) is 3. The van der Waals surface area contributed by atoms with Gasteiger partial charge in [-0.05, 0) is 48.8 Å². The molecule has 0 aliphatic carbocycles. The van der Waals surface area contributed by atoms with E-state index in [9.17, 15) is 5.11 Å². The Morgan fingerprint density at radius 3 is 2.43 bits per heavy atom. The maximum atomic E-state index is 9.32. The fraction of sp³-hybridized carbons (Fsp3) is 0.667. The van der Waals surface area contributed by atoms with Crippen molar-refractivity contribution >= 4 is 0 Å². The fourth-order valence-corrected chi connectivity index (χ4v) is 2.34. The van der Waals surface area contributed by atoms with Gasteiger partial charge < -0.3 is 15.6 Å². The molecule has 3 nitrogen and oxygen atoms in total. The average molecular weight is 293 g/mol. The molecule has 0 fully saturated rings. The van der Waals surface area contributed by atoms with E-state index in [4.69, 9.17) is 10.5 Å². The Morgan fingerprint density at radius 1 is 1.24 bits per heavy atom. The van der Waals surface area contributed by atoms with Crippen LogP contribution in [0.3, 0.4) is 0 Å². The Kier molecular flexibility index (Phi) is 6.24. The summed E-state index contributed by atoms with van der Waals surface area (Å²) in [7, 11) is 0. The quantitative estimate of drug-likeness (QED) is 0.756. The number of ether oxygens (including phenoxy) is 1. The van der Waals surface area contributed by atoms with Crippen molar-refractivity contribution in [3.8, 4) is 5.75 Å². The first kappa shape index (κ1) is 18.0. The van der Waals surface area contributed by atoms with Crippen LogP contribution in [0.5, 0.6) is 5.75 Å². The Morgan fingerprint density at radius 2 is 1.90 bits per heavy atom. The molecule has 0 spiro atoms. The van der Waals surface area contributed by atoms with Gasteiger partial charge in [0, 0.05) is 5.54 Å². The van der Waals surface area contributed by atoms with E-state index in [0.717, 1.165) is 25.0 Å². The lowest BCUT2D eigenvalue weighted by molar-refractivity contribution is 0.171. The van der Waals surface area contributed by atoms with Gasteiger partial charge in [0.2, 0.25) is 0 Å². The number of aryl methyl sites for hydroxylation is 1. The van der Waals surface area contributed by atoms with Crippen LogP contribution in [-0.2, 0) is 5.41 Å².